The molecule has 20 heavy (non-hydrogen) atoms. The lowest BCUT2D eigenvalue weighted by Gasteiger charge is -2.09. The van der Waals surface area contributed by atoms with Gasteiger partial charge < -0.3 is 14.8 Å². The predicted molar refractivity (Wildman–Crippen MR) is 80.4 cm³/mol. The lowest BCUT2D eigenvalue weighted by atomic mass is 10.3. The highest BCUT2D eigenvalue weighted by Gasteiger charge is 2.00. The number of nitrogens with two attached hydrogens (primary N) is 1. The molecular weight excluding hydrogens is 250 g/mol. The topological polar surface area (TPSA) is 35.1 Å². The number of rotatable bonds is 8. The average Bonchev–Trinajstić information content (AvgIpc) is 2.48. The van der Waals surface area contributed by atoms with Crippen LogP contribution in [-0.2, 0) is 0 Å². The number of hydrogen-bond acceptors (Lipinski definition) is 2. The van der Waals surface area contributed by atoms with Gasteiger partial charge in [0.25, 0.3) is 0 Å². The van der Waals surface area contributed by atoms with Crippen LogP contribution in [0.2, 0.25) is 0 Å². The molecule has 2 rings (SSSR count). The summed E-state index contributed by atoms with van der Waals surface area (Å²) in [5.74, 6) is 2.50. The second-order valence-electron chi connectivity index (χ2n) is 4.64. The van der Waals surface area contributed by atoms with E-state index >= 15 is 0 Å². The molecule has 0 bridgehead atoms. The van der Waals surface area contributed by atoms with Gasteiger partial charge in [0.05, 0.1) is 20.2 Å². The minimum Gasteiger partial charge on any atom is -0.493 e. The summed E-state index contributed by atoms with van der Waals surface area (Å²) in [6.45, 7) is 1.91. The first-order valence-corrected chi connectivity index (χ1v) is 7.12. The van der Waals surface area contributed by atoms with Gasteiger partial charge in [0.15, 0.2) is 0 Å². The van der Waals surface area contributed by atoms with Gasteiger partial charge >= 0.3 is 0 Å². The summed E-state index contributed by atoms with van der Waals surface area (Å²) >= 11 is 0. The molecule has 106 valence electrons. The highest BCUT2D eigenvalue weighted by atomic mass is 16.5. The molecule has 0 aliphatic rings. The molecule has 0 saturated carbocycles. The summed E-state index contributed by atoms with van der Waals surface area (Å²) in [7, 11) is 2.09. The van der Waals surface area contributed by atoms with E-state index in [0.29, 0.717) is 0 Å². The largest absolute Gasteiger partial charge is 0.493 e. The van der Waals surface area contributed by atoms with Crippen molar-refractivity contribution in [3.8, 4) is 17.2 Å². The van der Waals surface area contributed by atoms with Gasteiger partial charge in [-0.15, -0.1) is 0 Å². The van der Waals surface area contributed by atoms with Crippen LogP contribution in [0.3, 0.4) is 0 Å². The Hall–Kier alpha value is -2.00. The minimum atomic E-state index is 0.753. The summed E-state index contributed by atoms with van der Waals surface area (Å²) in [5.41, 5.74) is 0. The van der Waals surface area contributed by atoms with Gasteiger partial charge in [-0.05, 0) is 37.1 Å². The maximum absolute atomic E-state index is 5.78. The van der Waals surface area contributed by atoms with E-state index in [-0.39, 0.29) is 0 Å². The normalized spacial score (nSPS) is 10.2. The van der Waals surface area contributed by atoms with Gasteiger partial charge in [0.2, 0.25) is 0 Å². The molecule has 0 heterocycles. The van der Waals surface area contributed by atoms with Gasteiger partial charge in [-0.25, -0.2) is 0 Å². The minimum absolute atomic E-state index is 0.753. The van der Waals surface area contributed by atoms with Crippen molar-refractivity contribution in [1.82, 2.24) is 0 Å². The summed E-state index contributed by atoms with van der Waals surface area (Å²) in [6, 6.07) is 17.5. The van der Waals surface area contributed by atoms with Crippen LogP contribution in [0.4, 0.5) is 0 Å². The van der Waals surface area contributed by atoms with Gasteiger partial charge in [-0.2, -0.15) is 0 Å². The number of ether oxygens (including phenoxy) is 2. The number of quaternary nitrogens is 1. The van der Waals surface area contributed by atoms with Crippen LogP contribution >= 0.6 is 0 Å². The Morgan fingerprint density at radius 2 is 1.60 bits per heavy atom. The summed E-state index contributed by atoms with van der Waals surface area (Å²) < 4.78 is 11.5. The van der Waals surface area contributed by atoms with Crippen molar-refractivity contribution in [2.45, 2.75) is 12.8 Å². The number of benzene rings is 2. The molecule has 3 nitrogen and oxygen atoms in total. The molecular formula is C17H22NO2+. The van der Waals surface area contributed by atoms with Gasteiger partial charge in [-0.1, -0.05) is 24.3 Å². The molecule has 0 aliphatic heterocycles. The molecule has 3 heteroatoms. The first-order valence-electron chi connectivity index (χ1n) is 7.12. The molecule has 0 atom stereocenters. The van der Waals surface area contributed by atoms with E-state index in [1.54, 1.807) is 0 Å². The van der Waals surface area contributed by atoms with E-state index in [4.69, 9.17) is 9.47 Å². The van der Waals surface area contributed by atoms with Crippen molar-refractivity contribution in [1.29, 1.82) is 0 Å². The third-order valence-electron chi connectivity index (χ3n) is 2.94. The van der Waals surface area contributed by atoms with E-state index in [1.165, 1.54) is 6.42 Å². The van der Waals surface area contributed by atoms with E-state index in [9.17, 15) is 0 Å². The van der Waals surface area contributed by atoms with E-state index in [1.807, 2.05) is 54.6 Å². The molecule has 0 radical (unpaired) electrons. The SMILES string of the molecule is C[NH2+]CCCCOc1cccc(Oc2ccccc2)c1. The molecule has 2 aromatic carbocycles. The van der Waals surface area contributed by atoms with E-state index < -0.39 is 0 Å². The van der Waals surface area contributed by atoms with Crippen LogP contribution in [0.15, 0.2) is 54.6 Å². The first kappa shape index (κ1) is 14.4. The van der Waals surface area contributed by atoms with E-state index in [2.05, 4.69) is 12.4 Å². The zero-order valence-electron chi connectivity index (χ0n) is 11.9. The van der Waals surface area contributed by atoms with Crippen molar-refractivity contribution in [3.63, 3.8) is 0 Å². The summed E-state index contributed by atoms with van der Waals surface area (Å²) in [5, 5.41) is 2.19. The fourth-order valence-corrected chi connectivity index (χ4v) is 1.89. The second kappa shape index (κ2) is 8.23. The molecule has 0 aromatic heterocycles. The van der Waals surface area contributed by atoms with Crippen molar-refractivity contribution in [2.75, 3.05) is 20.2 Å². The molecule has 0 fully saturated rings. The number of hydrogen-bond donors (Lipinski definition) is 1. The molecule has 0 amide bonds. The van der Waals surface area contributed by atoms with Crippen LogP contribution < -0.4 is 14.8 Å². The highest BCUT2D eigenvalue weighted by molar-refractivity contribution is 5.36. The molecule has 0 unspecified atom stereocenters. The summed E-state index contributed by atoms with van der Waals surface area (Å²) in [4.78, 5) is 0. The van der Waals surface area contributed by atoms with Gasteiger partial charge in [0, 0.05) is 6.07 Å². The Balaban J connectivity index is 1.84. The molecule has 0 saturated heterocycles. The maximum atomic E-state index is 5.78. The maximum Gasteiger partial charge on any atom is 0.131 e. The van der Waals surface area contributed by atoms with Gasteiger partial charge in [-0.3, -0.25) is 0 Å². The molecule has 0 spiro atoms. The summed E-state index contributed by atoms with van der Waals surface area (Å²) in [6.07, 6.45) is 2.25. The van der Waals surface area contributed by atoms with Crippen LogP contribution in [0.1, 0.15) is 12.8 Å². The second-order valence-corrected chi connectivity index (χ2v) is 4.64. The monoisotopic (exact) mass is 272 g/mol. The molecule has 0 aliphatic carbocycles. The fourth-order valence-electron chi connectivity index (χ4n) is 1.89. The lowest BCUT2D eigenvalue weighted by Crippen LogP contribution is -2.79. The Bertz CT molecular complexity index is 499. The Kier molecular flexibility index (Phi) is 5.93. The zero-order chi connectivity index (χ0) is 14.0. The third-order valence-corrected chi connectivity index (χ3v) is 2.94. The van der Waals surface area contributed by atoms with Crippen molar-refractivity contribution in [3.05, 3.63) is 54.6 Å². The third kappa shape index (κ3) is 4.94. The fraction of sp³-hybridized carbons (Fsp3) is 0.294. The Labute approximate surface area is 120 Å². The van der Waals surface area contributed by atoms with Crippen molar-refractivity contribution >= 4 is 0 Å². The standard InChI is InChI=1S/C17H21NO2/c1-18-12-5-6-13-19-16-10-7-11-17(14-16)20-15-8-3-2-4-9-15/h2-4,7-11,14,18H,5-6,12-13H2,1H3/p+1. The molecule has 2 aromatic rings. The predicted octanol–water partition coefficient (Wildman–Crippen LogP) is 2.83. The number of para-hydroxylation sites is 1. The van der Waals surface area contributed by atoms with Crippen LogP contribution in [0, 0.1) is 0 Å². The van der Waals surface area contributed by atoms with Crippen molar-refractivity contribution < 1.29 is 14.8 Å². The lowest BCUT2D eigenvalue weighted by molar-refractivity contribution is -0.627. The highest BCUT2D eigenvalue weighted by Crippen LogP contribution is 2.24. The zero-order valence-corrected chi connectivity index (χ0v) is 11.9. The van der Waals surface area contributed by atoms with E-state index in [0.717, 1.165) is 36.8 Å². The quantitative estimate of drug-likeness (QED) is 0.750. The smallest absolute Gasteiger partial charge is 0.131 e. The molecule has 2 N–H and O–H groups in total. The Morgan fingerprint density at radius 3 is 2.40 bits per heavy atom. The van der Waals surface area contributed by atoms with Crippen LogP contribution in [-0.4, -0.2) is 20.2 Å². The van der Waals surface area contributed by atoms with Crippen LogP contribution in [0.25, 0.3) is 0 Å². The first-order chi connectivity index (χ1) is 9.88. The van der Waals surface area contributed by atoms with Crippen LogP contribution in [0.5, 0.6) is 17.2 Å². The van der Waals surface area contributed by atoms with Crippen molar-refractivity contribution in [2.24, 2.45) is 0 Å². The average molecular weight is 272 g/mol. The number of unbranched alkanes of at least 4 members (excludes halogenated alkanes) is 1. The van der Waals surface area contributed by atoms with Gasteiger partial charge in [0.1, 0.15) is 17.2 Å². The Morgan fingerprint density at radius 1 is 0.850 bits per heavy atom.